The summed E-state index contributed by atoms with van der Waals surface area (Å²) < 4.78 is 28.4. The van der Waals surface area contributed by atoms with Crippen LogP contribution in [0, 0.1) is 11.8 Å². The lowest BCUT2D eigenvalue weighted by atomic mass is 10.0. The number of sulfonamides is 1. The quantitative estimate of drug-likeness (QED) is 0.216. The Morgan fingerprint density at radius 1 is 0.938 bits per heavy atom. The average Bonchev–Trinajstić information content (AvgIpc) is 3.43. The Labute approximate surface area is 297 Å². The number of nitrogens with one attached hydrogen (secondary N) is 1. The molecule has 6 rings (SSSR count). The lowest BCUT2D eigenvalue weighted by Gasteiger charge is -2.29. The summed E-state index contributed by atoms with van der Waals surface area (Å²) in [7, 11) is -3.39. The van der Waals surface area contributed by atoms with E-state index in [1.54, 1.807) is 0 Å². The van der Waals surface area contributed by atoms with Gasteiger partial charge in [-0.3, -0.25) is 9.58 Å². The zero-order valence-electron chi connectivity index (χ0n) is 26.8. The van der Waals surface area contributed by atoms with E-state index in [4.69, 9.17) is 28.3 Å². The van der Waals surface area contributed by atoms with Crippen molar-refractivity contribution in [3.8, 4) is 23.1 Å². The normalized spacial score (nSPS) is 16.2. The van der Waals surface area contributed by atoms with Crippen molar-refractivity contribution in [1.82, 2.24) is 24.3 Å². The molecule has 0 bridgehead atoms. The molecule has 1 atom stereocenters. The summed E-state index contributed by atoms with van der Waals surface area (Å²) in [4.78, 5) is 2.29. The van der Waals surface area contributed by atoms with Gasteiger partial charge in [0.2, 0.25) is 10.0 Å². The molecular weight excluding hydrogens is 685 g/mol. The Kier molecular flexibility index (Phi) is 11.5. The number of halogens is 2. The lowest BCUT2D eigenvalue weighted by molar-refractivity contribution is 0.0985. The Bertz CT molecular complexity index is 1900. The summed E-state index contributed by atoms with van der Waals surface area (Å²) in [5, 5.41) is 20.7. The highest BCUT2D eigenvalue weighted by molar-refractivity contribution is 7.99. The minimum Gasteiger partial charge on any atom is -0.390 e. The number of β-amino-alcohol motifs (C(OH)–C–C–N with tert-alkyl or cyclic N) is 1. The molecule has 48 heavy (non-hydrogen) atoms. The van der Waals surface area contributed by atoms with E-state index in [2.05, 4.69) is 34.2 Å². The lowest BCUT2D eigenvalue weighted by Crippen LogP contribution is -2.40. The van der Waals surface area contributed by atoms with Crippen LogP contribution in [0.3, 0.4) is 0 Å². The molecule has 1 aromatic heterocycles. The first kappa shape index (κ1) is 35.0. The molecule has 0 saturated carbocycles. The number of hydrogen-bond donors (Lipinski definition) is 2. The topological polar surface area (TPSA) is 90.7 Å². The maximum Gasteiger partial charge on any atom is 0.211 e. The summed E-state index contributed by atoms with van der Waals surface area (Å²) in [5.41, 5.74) is 7.16. The van der Waals surface area contributed by atoms with Crippen molar-refractivity contribution >= 4 is 45.0 Å². The van der Waals surface area contributed by atoms with Crippen molar-refractivity contribution in [2.45, 2.75) is 38.7 Å². The van der Waals surface area contributed by atoms with Gasteiger partial charge in [0.1, 0.15) is 0 Å². The van der Waals surface area contributed by atoms with E-state index < -0.39 is 16.1 Å². The number of thioether (sulfide) groups is 1. The molecule has 8 nitrogen and oxygen atoms in total. The van der Waals surface area contributed by atoms with Crippen molar-refractivity contribution < 1.29 is 13.5 Å². The molecular formula is C36H39Cl2N5O3S2. The molecule has 2 aliphatic rings. The molecule has 4 aromatic rings. The Hall–Kier alpha value is -2.85. The van der Waals surface area contributed by atoms with Crippen molar-refractivity contribution in [2.24, 2.45) is 0 Å². The van der Waals surface area contributed by atoms with Crippen molar-refractivity contribution in [1.29, 1.82) is 0 Å². The number of nitrogens with zero attached hydrogens (tertiary/aromatic N) is 4. The van der Waals surface area contributed by atoms with Crippen LogP contribution >= 0.6 is 35.0 Å². The van der Waals surface area contributed by atoms with Crippen LogP contribution < -0.4 is 5.32 Å². The zero-order chi connectivity index (χ0) is 33.7. The number of aromatic nitrogens is 2. The molecule has 12 heteroatoms. The summed E-state index contributed by atoms with van der Waals surface area (Å²) in [6, 6.07) is 21.5. The van der Waals surface area contributed by atoms with Crippen LogP contribution in [0.4, 0.5) is 0 Å². The fourth-order valence-corrected chi connectivity index (χ4v) is 8.09. The van der Waals surface area contributed by atoms with Crippen LogP contribution in [-0.4, -0.2) is 82.6 Å². The molecule has 0 spiro atoms. The first-order chi connectivity index (χ1) is 23.1. The van der Waals surface area contributed by atoms with Crippen LogP contribution in [0.5, 0.6) is 0 Å². The molecule has 0 unspecified atom stereocenters. The fourth-order valence-electron chi connectivity index (χ4n) is 6.04. The predicted octanol–water partition coefficient (Wildman–Crippen LogP) is 5.27. The first-order valence-corrected chi connectivity index (χ1v) is 19.8. The number of fused-ring (bicyclic) bond motifs is 1. The molecule has 0 aliphatic carbocycles. The highest BCUT2D eigenvalue weighted by atomic mass is 35.5. The van der Waals surface area contributed by atoms with E-state index in [0.29, 0.717) is 42.3 Å². The van der Waals surface area contributed by atoms with Gasteiger partial charge >= 0.3 is 0 Å². The summed E-state index contributed by atoms with van der Waals surface area (Å²) in [5.74, 6) is 8.61. The highest BCUT2D eigenvalue weighted by Gasteiger charge is 2.30. The van der Waals surface area contributed by atoms with E-state index in [1.165, 1.54) is 16.1 Å². The number of aliphatic hydroxyl groups excluding tert-OH is 1. The Balaban J connectivity index is 1.19. The second-order valence-corrected chi connectivity index (χ2v) is 16.3. The second kappa shape index (κ2) is 15.8. The summed E-state index contributed by atoms with van der Waals surface area (Å²) in [6.07, 6.45) is 1.17. The first-order valence-electron chi connectivity index (χ1n) is 16.0. The number of aliphatic hydroxyl groups is 1. The highest BCUT2D eigenvalue weighted by Crippen LogP contribution is 2.33. The predicted molar refractivity (Wildman–Crippen MR) is 196 cm³/mol. The van der Waals surface area contributed by atoms with Gasteiger partial charge in [0.15, 0.2) is 0 Å². The fraction of sp³-hybridized carbons (Fsp3) is 0.361. The van der Waals surface area contributed by atoms with Gasteiger partial charge in [-0.15, -0.1) is 0 Å². The number of hydrogen-bond acceptors (Lipinski definition) is 7. The zero-order valence-corrected chi connectivity index (χ0v) is 30.0. The van der Waals surface area contributed by atoms with Gasteiger partial charge in [-0.1, -0.05) is 65.4 Å². The van der Waals surface area contributed by atoms with Gasteiger partial charge in [-0.25, -0.2) is 8.42 Å². The van der Waals surface area contributed by atoms with E-state index in [1.807, 2.05) is 71.0 Å². The van der Waals surface area contributed by atoms with Gasteiger partial charge in [-0.05, 0) is 47.5 Å². The number of rotatable bonds is 10. The summed E-state index contributed by atoms with van der Waals surface area (Å²) >= 11 is 14.5. The molecule has 1 fully saturated rings. The SMILES string of the molecule is CS(=O)(=O)N1CCc2c(c(-c3ccc(Cl)c(C#Cc4ccc(CNCc5ccc(Cl)cc5)cc4)c3)nn2C[C@@H](O)CN2CCSCC2)C1. The number of benzene rings is 3. The van der Waals surface area contributed by atoms with Crippen LogP contribution in [0.2, 0.25) is 10.0 Å². The molecule has 0 radical (unpaired) electrons. The smallest absolute Gasteiger partial charge is 0.211 e. The third-order valence-electron chi connectivity index (χ3n) is 8.63. The van der Waals surface area contributed by atoms with E-state index >= 15 is 0 Å². The van der Waals surface area contributed by atoms with Crippen LogP contribution in [-0.2, 0) is 42.6 Å². The third kappa shape index (κ3) is 9.03. The van der Waals surface area contributed by atoms with E-state index in [-0.39, 0.29) is 6.54 Å². The minimum absolute atomic E-state index is 0.230. The van der Waals surface area contributed by atoms with Crippen molar-refractivity contribution in [2.75, 3.05) is 43.9 Å². The van der Waals surface area contributed by atoms with Gasteiger partial charge in [0, 0.05) is 96.7 Å². The molecule has 252 valence electrons. The molecule has 3 aromatic carbocycles. The minimum atomic E-state index is -3.39. The van der Waals surface area contributed by atoms with Gasteiger partial charge < -0.3 is 10.4 Å². The summed E-state index contributed by atoms with van der Waals surface area (Å²) in [6.45, 7) is 4.95. The van der Waals surface area contributed by atoms with E-state index in [0.717, 1.165) is 70.7 Å². The molecule has 2 N–H and O–H groups in total. The Morgan fingerprint density at radius 2 is 1.62 bits per heavy atom. The van der Waals surface area contributed by atoms with Crippen LogP contribution in [0.1, 0.15) is 33.5 Å². The van der Waals surface area contributed by atoms with Gasteiger partial charge in [-0.2, -0.15) is 21.2 Å². The molecule has 3 heterocycles. The largest absolute Gasteiger partial charge is 0.390 e. The molecule has 0 amide bonds. The Morgan fingerprint density at radius 3 is 2.31 bits per heavy atom. The monoisotopic (exact) mass is 723 g/mol. The van der Waals surface area contributed by atoms with E-state index in [9.17, 15) is 13.5 Å². The van der Waals surface area contributed by atoms with Crippen LogP contribution in [0.25, 0.3) is 11.3 Å². The maximum absolute atomic E-state index is 12.5. The van der Waals surface area contributed by atoms with Crippen molar-refractivity contribution in [3.05, 3.63) is 110 Å². The van der Waals surface area contributed by atoms with Crippen molar-refractivity contribution in [3.63, 3.8) is 0 Å². The van der Waals surface area contributed by atoms with Gasteiger partial charge in [0.25, 0.3) is 0 Å². The average molecular weight is 725 g/mol. The standard InChI is InChI=1S/C36H39Cl2N5O3S2/c1-48(45,46)42-15-14-35-33(25-42)36(40-43(35)24-32(44)23-41-16-18-47-19-17-41)30-10-13-34(38)29(20-30)9-6-26-2-4-27(5-3-26)21-39-22-28-7-11-31(37)12-8-28/h2-5,7-8,10-13,20,32,39,44H,14-19,21-25H2,1H3/t32-/m0/s1. The maximum atomic E-state index is 12.5. The third-order valence-corrected chi connectivity index (χ3v) is 11.4. The van der Waals surface area contributed by atoms with Gasteiger partial charge in [0.05, 0.1) is 29.6 Å². The molecule has 2 aliphatic heterocycles. The second-order valence-electron chi connectivity index (χ2n) is 12.2. The van der Waals surface area contributed by atoms with Crippen LogP contribution in [0.15, 0.2) is 66.7 Å². The molecule has 1 saturated heterocycles.